The maximum Gasteiger partial charge on any atom is 0.338 e. The molecule has 0 aliphatic carbocycles. The number of carboxylic acids is 1. The lowest BCUT2D eigenvalue weighted by Gasteiger charge is -2.08. The molecule has 1 N–H and O–H groups in total. The molecule has 0 aliphatic heterocycles. The standard InChI is InChI=1S/C16H15FO3S/c1-10-3-4-11(2)15(7-10)21(20)9-12-5-6-13(16(18)19)14(17)8-12/h3-8H,9H2,1-2H3,(H,18,19). The minimum absolute atomic E-state index is 0.154. The van der Waals surface area contributed by atoms with Gasteiger partial charge in [-0.05, 0) is 48.7 Å². The second-order valence-electron chi connectivity index (χ2n) is 4.88. The molecule has 2 rings (SSSR count). The van der Waals surface area contributed by atoms with E-state index in [2.05, 4.69) is 0 Å². The molecule has 5 heteroatoms. The van der Waals surface area contributed by atoms with Crippen LogP contribution in [0.25, 0.3) is 0 Å². The molecule has 0 heterocycles. The van der Waals surface area contributed by atoms with Crippen LogP contribution in [0.15, 0.2) is 41.3 Å². The highest BCUT2D eigenvalue weighted by atomic mass is 32.2. The highest BCUT2D eigenvalue weighted by Gasteiger charge is 2.13. The fourth-order valence-corrected chi connectivity index (χ4v) is 3.39. The molecule has 0 amide bonds. The first-order valence-corrected chi connectivity index (χ1v) is 7.67. The van der Waals surface area contributed by atoms with Gasteiger partial charge in [0.25, 0.3) is 0 Å². The smallest absolute Gasteiger partial charge is 0.338 e. The van der Waals surface area contributed by atoms with Gasteiger partial charge in [0.2, 0.25) is 0 Å². The van der Waals surface area contributed by atoms with Gasteiger partial charge in [0.05, 0.1) is 22.1 Å². The van der Waals surface area contributed by atoms with Crippen molar-refractivity contribution < 1.29 is 18.5 Å². The van der Waals surface area contributed by atoms with Crippen LogP contribution in [0.3, 0.4) is 0 Å². The first kappa shape index (κ1) is 15.4. The summed E-state index contributed by atoms with van der Waals surface area (Å²) in [5.41, 5.74) is 2.06. The number of rotatable bonds is 4. The molecule has 3 nitrogen and oxygen atoms in total. The Balaban J connectivity index is 2.26. The van der Waals surface area contributed by atoms with Crippen molar-refractivity contribution >= 4 is 16.8 Å². The van der Waals surface area contributed by atoms with Crippen molar-refractivity contribution in [3.63, 3.8) is 0 Å². The van der Waals surface area contributed by atoms with Gasteiger partial charge in [-0.2, -0.15) is 0 Å². The van der Waals surface area contributed by atoms with Crippen LogP contribution in [0.4, 0.5) is 4.39 Å². The van der Waals surface area contributed by atoms with Crippen LogP contribution in [0.2, 0.25) is 0 Å². The zero-order chi connectivity index (χ0) is 15.6. The minimum atomic E-state index is -1.31. The molecular weight excluding hydrogens is 291 g/mol. The van der Waals surface area contributed by atoms with Crippen molar-refractivity contribution in [2.75, 3.05) is 0 Å². The molecule has 2 aromatic rings. The molecule has 0 saturated carbocycles. The molecule has 0 radical (unpaired) electrons. The lowest BCUT2D eigenvalue weighted by Crippen LogP contribution is -2.03. The van der Waals surface area contributed by atoms with E-state index < -0.39 is 22.6 Å². The zero-order valence-electron chi connectivity index (χ0n) is 11.7. The Kier molecular flexibility index (Phi) is 4.53. The highest BCUT2D eigenvalue weighted by molar-refractivity contribution is 7.84. The lowest BCUT2D eigenvalue weighted by atomic mass is 10.1. The Morgan fingerprint density at radius 1 is 1.19 bits per heavy atom. The summed E-state index contributed by atoms with van der Waals surface area (Å²) in [5.74, 6) is -1.96. The average molecular weight is 306 g/mol. The Morgan fingerprint density at radius 2 is 1.90 bits per heavy atom. The van der Waals surface area contributed by atoms with Crippen molar-refractivity contribution in [3.8, 4) is 0 Å². The van der Waals surface area contributed by atoms with Crippen LogP contribution in [0, 0.1) is 19.7 Å². The molecule has 0 aromatic heterocycles. The molecule has 0 saturated heterocycles. The second-order valence-corrected chi connectivity index (χ2v) is 6.30. The van der Waals surface area contributed by atoms with Gasteiger partial charge in [-0.25, -0.2) is 9.18 Å². The minimum Gasteiger partial charge on any atom is -0.478 e. The normalized spacial score (nSPS) is 12.1. The second kappa shape index (κ2) is 6.18. The van der Waals surface area contributed by atoms with E-state index in [0.717, 1.165) is 22.1 Å². The van der Waals surface area contributed by atoms with Gasteiger partial charge < -0.3 is 5.11 Å². The molecular formula is C16H15FO3S. The van der Waals surface area contributed by atoms with Crippen molar-refractivity contribution in [1.29, 1.82) is 0 Å². The van der Waals surface area contributed by atoms with Crippen LogP contribution in [-0.4, -0.2) is 15.3 Å². The van der Waals surface area contributed by atoms with E-state index in [0.29, 0.717) is 5.56 Å². The summed E-state index contributed by atoms with van der Waals surface area (Å²) >= 11 is 0. The monoisotopic (exact) mass is 306 g/mol. The first-order chi connectivity index (χ1) is 9.88. The van der Waals surface area contributed by atoms with Crippen molar-refractivity contribution in [1.82, 2.24) is 0 Å². The molecule has 0 aliphatic rings. The molecule has 2 aromatic carbocycles. The highest BCUT2D eigenvalue weighted by Crippen LogP contribution is 2.19. The van der Waals surface area contributed by atoms with Gasteiger partial charge in [0, 0.05) is 4.90 Å². The van der Waals surface area contributed by atoms with Gasteiger partial charge >= 0.3 is 5.97 Å². The topological polar surface area (TPSA) is 54.4 Å². The fourth-order valence-electron chi connectivity index (χ4n) is 2.00. The summed E-state index contributed by atoms with van der Waals surface area (Å²) in [6.07, 6.45) is 0. The van der Waals surface area contributed by atoms with E-state index in [1.807, 2.05) is 32.0 Å². The summed E-state index contributed by atoms with van der Waals surface area (Å²) < 4.78 is 26.0. The van der Waals surface area contributed by atoms with Gasteiger partial charge in [-0.3, -0.25) is 4.21 Å². The number of aromatic carboxylic acids is 1. The van der Waals surface area contributed by atoms with Crippen molar-refractivity contribution in [3.05, 3.63) is 64.5 Å². The Morgan fingerprint density at radius 3 is 2.52 bits per heavy atom. The largest absolute Gasteiger partial charge is 0.478 e. The fraction of sp³-hybridized carbons (Fsp3) is 0.188. The number of benzene rings is 2. The summed E-state index contributed by atoms with van der Waals surface area (Å²) in [6, 6.07) is 9.52. The van der Waals surface area contributed by atoms with Crippen LogP contribution in [-0.2, 0) is 16.6 Å². The number of carbonyl (C=O) groups is 1. The molecule has 0 spiro atoms. The Labute approximate surface area is 124 Å². The molecule has 0 fully saturated rings. The van der Waals surface area contributed by atoms with Gasteiger partial charge in [0.1, 0.15) is 5.82 Å². The molecule has 1 unspecified atom stereocenters. The quantitative estimate of drug-likeness (QED) is 0.941. The first-order valence-electron chi connectivity index (χ1n) is 6.36. The van der Waals surface area contributed by atoms with E-state index >= 15 is 0 Å². The molecule has 21 heavy (non-hydrogen) atoms. The number of aryl methyl sites for hydroxylation is 2. The molecule has 0 bridgehead atoms. The van der Waals surface area contributed by atoms with Gasteiger partial charge in [-0.1, -0.05) is 18.2 Å². The van der Waals surface area contributed by atoms with E-state index in [4.69, 9.17) is 5.11 Å². The van der Waals surface area contributed by atoms with E-state index in [1.165, 1.54) is 12.1 Å². The summed E-state index contributed by atoms with van der Waals surface area (Å²) in [5, 5.41) is 8.78. The summed E-state index contributed by atoms with van der Waals surface area (Å²) in [7, 11) is -1.30. The van der Waals surface area contributed by atoms with Gasteiger partial charge in [0.15, 0.2) is 0 Å². The van der Waals surface area contributed by atoms with Gasteiger partial charge in [-0.15, -0.1) is 0 Å². The van der Waals surface area contributed by atoms with Crippen LogP contribution >= 0.6 is 0 Å². The third kappa shape index (κ3) is 3.55. The third-order valence-electron chi connectivity index (χ3n) is 3.15. The molecule has 110 valence electrons. The SMILES string of the molecule is Cc1ccc(C)c(S(=O)Cc2ccc(C(=O)O)c(F)c2)c1. The Hall–Kier alpha value is -2.01. The van der Waals surface area contributed by atoms with E-state index in [1.54, 1.807) is 0 Å². The van der Waals surface area contributed by atoms with Crippen molar-refractivity contribution in [2.45, 2.75) is 24.5 Å². The predicted octanol–water partition coefficient (Wildman–Crippen LogP) is 3.45. The summed E-state index contributed by atoms with van der Waals surface area (Å²) in [4.78, 5) is 11.5. The third-order valence-corrected chi connectivity index (χ3v) is 4.68. The van der Waals surface area contributed by atoms with E-state index in [-0.39, 0.29) is 11.3 Å². The average Bonchev–Trinajstić information content (AvgIpc) is 2.41. The van der Waals surface area contributed by atoms with Crippen LogP contribution in [0.1, 0.15) is 27.0 Å². The Bertz CT molecular complexity index is 725. The predicted molar refractivity (Wildman–Crippen MR) is 79.4 cm³/mol. The van der Waals surface area contributed by atoms with Crippen molar-refractivity contribution in [2.24, 2.45) is 0 Å². The number of halogens is 1. The summed E-state index contributed by atoms with van der Waals surface area (Å²) in [6.45, 7) is 3.79. The van der Waals surface area contributed by atoms with Crippen LogP contribution < -0.4 is 0 Å². The lowest BCUT2D eigenvalue weighted by molar-refractivity contribution is 0.0692. The number of hydrogen-bond donors (Lipinski definition) is 1. The van der Waals surface area contributed by atoms with E-state index in [9.17, 15) is 13.4 Å². The number of hydrogen-bond acceptors (Lipinski definition) is 2. The maximum atomic E-state index is 13.6. The zero-order valence-corrected chi connectivity index (χ0v) is 12.5. The number of carboxylic acid groups (broad SMARTS) is 1. The molecule has 1 atom stereocenters. The van der Waals surface area contributed by atoms with Crippen LogP contribution in [0.5, 0.6) is 0 Å². The maximum absolute atomic E-state index is 13.6.